The van der Waals surface area contributed by atoms with Gasteiger partial charge in [0.1, 0.15) is 0 Å². The van der Waals surface area contributed by atoms with E-state index < -0.39 is 15.8 Å². The third-order valence-electron chi connectivity index (χ3n) is 6.44. The van der Waals surface area contributed by atoms with Crippen LogP contribution in [-0.2, 0) is 16.5 Å². The van der Waals surface area contributed by atoms with E-state index in [9.17, 15) is 0 Å². The van der Waals surface area contributed by atoms with Gasteiger partial charge in [0.2, 0.25) is 0 Å². The summed E-state index contributed by atoms with van der Waals surface area (Å²) in [6.45, 7) is 5.72. The topological polar surface area (TPSA) is 0 Å². The standard InChI is InChI=1S/2C18H15P.C4H9.Ni/c2*1-4-10-16(11-5-1)19(17-12-6-2-7-13-17)18-14-8-3-9-15-18;1-3-4-2;/h2*1-15H;1,3-4H2,2H3;/q;;-1;. The Morgan fingerprint density at radius 1 is 0.349 bits per heavy atom. The molecule has 0 aliphatic heterocycles. The van der Waals surface area contributed by atoms with Crippen molar-refractivity contribution in [1.29, 1.82) is 0 Å². The summed E-state index contributed by atoms with van der Waals surface area (Å²) in [5.74, 6) is 0. The Bertz CT molecular complexity index is 1200. The molecule has 0 bridgehead atoms. The normalized spacial score (nSPS) is 10.0. The minimum Gasteiger partial charge on any atom is -0.343 e. The minimum absolute atomic E-state index is 0. The Morgan fingerprint density at radius 3 is 0.605 bits per heavy atom. The van der Waals surface area contributed by atoms with Gasteiger partial charge in [-0.3, -0.25) is 0 Å². The van der Waals surface area contributed by atoms with Crippen molar-refractivity contribution < 1.29 is 16.5 Å². The van der Waals surface area contributed by atoms with Gasteiger partial charge in [0, 0.05) is 16.5 Å². The molecule has 0 saturated carbocycles. The van der Waals surface area contributed by atoms with Crippen LogP contribution >= 0.6 is 15.8 Å². The van der Waals surface area contributed by atoms with Gasteiger partial charge in [0.15, 0.2) is 0 Å². The van der Waals surface area contributed by atoms with E-state index in [1.165, 1.54) is 38.2 Å². The van der Waals surface area contributed by atoms with E-state index in [4.69, 9.17) is 0 Å². The zero-order valence-corrected chi connectivity index (χ0v) is 27.4. The Hall–Kier alpha value is -3.33. The van der Waals surface area contributed by atoms with E-state index in [1.807, 2.05) is 0 Å². The van der Waals surface area contributed by atoms with Crippen LogP contribution in [0.2, 0.25) is 0 Å². The quantitative estimate of drug-likeness (QED) is 0.0933. The summed E-state index contributed by atoms with van der Waals surface area (Å²) in [5, 5.41) is 8.39. The molecule has 220 valence electrons. The summed E-state index contributed by atoms with van der Waals surface area (Å²) in [7, 11) is -0.892. The second-order valence-electron chi connectivity index (χ2n) is 9.54. The molecule has 0 heterocycles. The SMILES string of the molecule is [CH2-]CCC.[Ni].c1ccc(P(c2ccccc2)c2ccccc2)cc1.c1ccc(P(c2ccccc2)c2ccccc2)cc1. The Morgan fingerprint density at radius 2 is 0.488 bits per heavy atom. The Kier molecular flexibility index (Phi) is 15.7. The Labute approximate surface area is 271 Å². The average molecular weight is 640 g/mol. The first kappa shape index (κ1) is 34.2. The van der Waals surface area contributed by atoms with Gasteiger partial charge in [-0.1, -0.05) is 195 Å². The van der Waals surface area contributed by atoms with E-state index in [0.717, 1.165) is 6.42 Å². The molecule has 6 aromatic carbocycles. The van der Waals surface area contributed by atoms with Crippen molar-refractivity contribution in [3.8, 4) is 0 Å². The second kappa shape index (κ2) is 19.8. The summed E-state index contributed by atoms with van der Waals surface area (Å²) in [6.07, 6.45) is 2.28. The Balaban J connectivity index is 0.000000206. The van der Waals surface area contributed by atoms with E-state index >= 15 is 0 Å². The molecule has 0 aliphatic carbocycles. The molecule has 0 nitrogen and oxygen atoms in total. The van der Waals surface area contributed by atoms with Gasteiger partial charge in [0.05, 0.1) is 0 Å². The summed E-state index contributed by atoms with van der Waals surface area (Å²) >= 11 is 0. The van der Waals surface area contributed by atoms with Crippen LogP contribution < -0.4 is 31.8 Å². The molecule has 0 amide bonds. The van der Waals surface area contributed by atoms with Crippen LogP contribution in [0.5, 0.6) is 0 Å². The number of hydrogen-bond donors (Lipinski definition) is 0. The van der Waals surface area contributed by atoms with Crippen LogP contribution in [0.4, 0.5) is 0 Å². The zero-order valence-electron chi connectivity index (χ0n) is 24.7. The zero-order chi connectivity index (χ0) is 29.2. The molecule has 6 aromatic rings. The largest absolute Gasteiger partial charge is 0.343 e. The molecule has 0 radical (unpaired) electrons. The van der Waals surface area contributed by atoms with Crippen molar-refractivity contribution in [2.75, 3.05) is 0 Å². The van der Waals surface area contributed by atoms with Crippen molar-refractivity contribution >= 4 is 47.7 Å². The smallest absolute Gasteiger partial charge is 0 e. The van der Waals surface area contributed by atoms with E-state index in [-0.39, 0.29) is 16.5 Å². The maximum Gasteiger partial charge on any atom is 0 e. The molecule has 0 saturated heterocycles. The maximum absolute atomic E-state index is 3.60. The molecule has 43 heavy (non-hydrogen) atoms. The predicted octanol–water partition coefficient (Wildman–Crippen LogP) is 8.51. The summed E-state index contributed by atoms with van der Waals surface area (Å²) < 4.78 is 0. The first-order valence-corrected chi connectivity index (χ1v) is 17.2. The molecular formula is C40H39NiP2-. The van der Waals surface area contributed by atoms with Crippen molar-refractivity contribution in [2.45, 2.75) is 19.8 Å². The van der Waals surface area contributed by atoms with E-state index in [2.05, 4.69) is 196 Å². The molecular weight excluding hydrogens is 601 g/mol. The van der Waals surface area contributed by atoms with Gasteiger partial charge < -0.3 is 6.92 Å². The van der Waals surface area contributed by atoms with Crippen molar-refractivity contribution in [2.24, 2.45) is 0 Å². The molecule has 0 spiro atoms. The van der Waals surface area contributed by atoms with Crippen LogP contribution in [0.1, 0.15) is 19.8 Å². The fraction of sp³-hybridized carbons (Fsp3) is 0.0750. The first-order valence-electron chi connectivity index (χ1n) is 14.5. The number of hydrogen-bond acceptors (Lipinski definition) is 0. The molecule has 0 aliphatic rings. The van der Waals surface area contributed by atoms with Crippen LogP contribution in [0.25, 0.3) is 0 Å². The number of rotatable bonds is 7. The summed E-state index contributed by atoms with van der Waals surface area (Å²) in [6, 6.07) is 64.7. The second-order valence-corrected chi connectivity index (χ2v) is 14.0. The monoisotopic (exact) mass is 639 g/mol. The number of benzene rings is 6. The molecule has 6 rings (SSSR count). The number of unbranched alkanes of at least 4 members (excludes halogenated alkanes) is 1. The van der Waals surface area contributed by atoms with Gasteiger partial charge >= 0.3 is 0 Å². The first-order chi connectivity index (χ1) is 20.8. The molecule has 0 atom stereocenters. The van der Waals surface area contributed by atoms with Gasteiger partial charge in [-0.25, -0.2) is 0 Å². The van der Waals surface area contributed by atoms with Gasteiger partial charge in [-0.2, -0.15) is 6.42 Å². The molecule has 0 N–H and O–H groups in total. The fourth-order valence-corrected chi connectivity index (χ4v) is 8.97. The third-order valence-corrected chi connectivity index (χ3v) is 11.3. The average Bonchev–Trinajstić information content (AvgIpc) is 3.08. The fourth-order valence-electron chi connectivity index (χ4n) is 4.36. The van der Waals surface area contributed by atoms with Crippen molar-refractivity contribution in [1.82, 2.24) is 0 Å². The van der Waals surface area contributed by atoms with Crippen LogP contribution in [-0.4, -0.2) is 0 Å². The van der Waals surface area contributed by atoms with Crippen molar-refractivity contribution in [3.05, 3.63) is 189 Å². The molecule has 0 fully saturated rings. The van der Waals surface area contributed by atoms with E-state index in [1.54, 1.807) is 0 Å². The third kappa shape index (κ3) is 10.7. The van der Waals surface area contributed by atoms with Gasteiger partial charge in [0.25, 0.3) is 0 Å². The van der Waals surface area contributed by atoms with E-state index in [0.29, 0.717) is 0 Å². The van der Waals surface area contributed by atoms with Crippen LogP contribution in [0.3, 0.4) is 0 Å². The van der Waals surface area contributed by atoms with Gasteiger partial charge in [-0.05, 0) is 47.7 Å². The predicted molar refractivity (Wildman–Crippen MR) is 191 cm³/mol. The molecule has 0 unspecified atom stereocenters. The van der Waals surface area contributed by atoms with Crippen LogP contribution in [0.15, 0.2) is 182 Å². The molecule has 3 heteroatoms. The summed E-state index contributed by atoms with van der Waals surface area (Å²) in [4.78, 5) is 0. The maximum atomic E-state index is 3.60. The van der Waals surface area contributed by atoms with Crippen molar-refractivity contribution in [3.63, 3.8) is 0 Å². The summed E-state index contributed by atoms with van der Waals surface area (Å²) in [5.41, 5.74) is 0. The minimum atomic E-state index is -0.446. The van der Waals surface area contributed by atoms with Gasteiger partial charge in [-0.15, -0.1) is 0 Å². The van der Waals surface area contributed by atoms with Crippen LogP contribution in [0, 0.1) is 6.92 Å². The molecule has 0 aromatic heterocycles.